The minimum Gasteiger partial charge on any atom is -0.412 e. The van der Waals surface area contributed by atoms with Crippen LogP contribution in [0.25, 0.3) is 0 Å². The van der Waals surface area contributed by atoms with Gasteiger partial charge < -0.3 is 16.3 Å². The minimum absolute atomic E-state index is 0. The topological polar surface area (TPSA) is 205 Å². The van der Waals surface area contributed by atoms with Crippen LogP contribution < -0.4 is 5.32 Å². The Balaban J connectivity index is -0.000000244. The lowest BCUT2D eigenvalue weighted by Gasteiger charge is -2.02. The predicted molar refractivity (Wildman–Crippen MR) is 66.6 cm³/mol. The van der Waals surface area contributed by atoms with E-state index in [1.807, 2.05) is 0 Å². The highest BCUT2D eigenvalue weighted by atomic mass is 32.3. The van der Waals surface area contributed by atoms with Gasteiger partial charge in [0.05, 0.1) is 12.4 Å². The lowest BCUT2D eigenvalue weighted by molar-refractivity contribution is 0.344. The average molecular weight is 326 g/mol. The van der Waals surface area contributed by atoms with Gasteiger partial charge in [0.2, 0.25) is 0 Å². The number of amidine groups is 1. The zero-order chi connectivity index (χ0) is 13.7. The maximum atomic E-state index is 9.44. The fourth-order valence-corrected chi connectivity index (χ4v) is 1.78. The maximum Gasteiger partial charge on any atom is 0.413 e. The van der Waals surface area contributed by atoms with Gasteiger partial charge in [-0.3, -0.25) is 14.1 Å². The smallest absolute Gasteiger partial charge is 0.412 e. The summed E-state index contributed by atoms with van der Waals surface area (Å²) in [5.41, 5.74) is 0. The summed E-state index contributed by atoms with van der Waals surface area (Å²) in [6.45, 7) is 6.30. The SMILES string of the molecule is CC(C)C1=NCCN1.O.O.O=S(=O)(O)OS(=O)(=O)O. The largest absolute Gasteiger partial charge is 0.413 e. The van der Waals surface area contributed by atoms with Crippen LogP contribution in [0.1, 0.15) is 13.8 Å². The fraction of sp³-hybridized carbons (Fsp3) is 0.833. The number of nitrogens with one attached hydrogen (secondary N) is 1. The van der Waals surface area contributed by atoms with Crippen LogP contribution in [0.15, 0.2) is 4.99 Å². The second kappa shape index (κ2) is 9.13. The number of hydrogen-bond donors (Lipinski definition) is 3. The Bertz CT molecular complexity index is 437. The molecule has 1 rings (SSSR count). The van der Waals surface area contributed by atoms with Crippen molar-refractivity contribution in [3.63, 3.8) is 0 Å². The van der Waals surface area contributed by atoms with Crippen molar-refractivity contribution < 1.29 is 40.5 Å². The quantitative estimate of drug-likeness (QED) is 0.475. The maximum absolute atomic E-state index is 9.44. The molecular weight excluding hydrogens is 308 g/mol. The molecule has 0 aliphatic carbocycles. The number of rotatable bonds is 3. The van der Waals surface area contributed by atoms with Crippen molar-refractivity contribution in [2.75, 3.05) is 13.1 Å². The summed E-state index contributed by atoms with van der Waals surface area (Å²) < 4.78 is 55.6. The van der Waals surface area contributed by atoms with Crippen LogP contribution in [0, 0.1) is 5.92 Å². The first kappa shape index (κ1) is 23.3. The molecule has 0 radical (unpaired) electrons. The van der Waals surface area contributed by atoms with Crippen LogP contribution in [-0.2, 0) is 24.4 Å². The molecule has 0 atom stereocenters. The highest BCUT2D eigenvalue weighted by molar-refractivity contribution is 7.94. The third-order valence-corrected chi connectivity index (χ3v) is 2.79. The fourth-order valence-electron chi connectivity index (χ4n) is 0.912. The molecule has 0 saturated heterocycles. The molecule has 0 fully saturated rings. The van der Waals surface area contributed by atoms with Crippen molar-refractivity contribution in [2.24, 2.45) is 10.9 Å². The minimum atomic E-state index is -5.12. The molecule has 0 aromatic carbocycles. The van der Waals surface area contributed by atoms with E-state index in [2.05, 4.69) is 27.8 Å². The molecule has 1 aliphatic heterocycles. The third kappa shape index (κ3) is 15.1. The normalized spacial score (nSPS) is 14.3. The molecule has 0 spiro atoms. The van der Waals surface area contributed by atoms with Crippen LogP contribution in [0.2, 0.25) is 0 Å². The van der Waals surface area contributed by atoms with Crippen molar-refractivity contribution in [1.29, 1.82) is 0 Å². The summed E-state index contributed by atoms with van der Waals surface area (Å²) in [7, 11) is -10.2. The van der Waals surface area contributed by atoms with E-state index in [0.717, 1.165) is 13.1 Å². The molecule has 0 amide bonds. The third-order valence-electron chi connectivity index (χ3n) is 1.42. The van der Waals surface area contributed by atoms with Crippen LogP contribution in [0.3, 0.4) is 0 Å². The monoisotopic (exact) mass is 326 g/mol. The molecule has 0 saturated carbocycles. The van der Waals surface area contributed by atoms with Gasteiger partial charge in [-0.05, 0) is 0 Å². The molecule has 118 valence electrons. The van der Waals surface area contributed by atoms with Gasteiger partial charge in [-0.2, -0.15) is 16.8 Å². The predicted octanol–water partition coefficient (Wildman–Crippen LogP) is -2.40. The molecule has 11 nitrogen and oxygen atoms in total. The Morgan fingerprint density at radius 3 is 1.68 bits per heavy atom. The van der Waals surface area contributed by atoms with E-state index in [0.29, 0.717) is 5.92 Å². The first-order valence-corrected chi connectivity index (χ1v) is 7.18. The summed E-state index contributed by atoms with van der Waals surface area (Å²) in [6.07, 6.45) is 0. The second-order valence-electron chi connectivity index (χ2n) is 3.27. The average Bonchev–Trinajstić information content (AvgIpc) is 2.47. The first-order chi connectivity index (χ1) is 7.51. The van der Waals surface area contributed by atoms with Gasteiger partial charge in [-0.1, -0.05) is 13.8 Å². The van der Waals surface area contributed by atoms with Crippen molar-refractivity contribution >= 4 is 26.6 Å². The van der Waals surface area contributed by atoms with Crippen LogP contribution in [0.5, 0.6) is 0 Å². The number of nitrogens with zero attached hydrogens (tertiary/aromatic N) is 1. The molecule has 13 heteroatoms. The van der Waals surface area contributed by atoms with E-state index in [9.17, 15) is 16.8 Å². The van der Waals surface area contributed by atoms with Gasteiger partial charge in [-0.25, -0.2) is 0 Å². The van der Waals surface area contributed by atoms with Crippen molar-refractivity contribution in [2.45, 2.75) is 13.8 Å². The Morgan fingerprint density at radius 2 is 1.58 bits per heavy atom. The second-order valence-corrected chi connectivity index (χ2v) is 5.53. The lowest BCUT2D eigenvalue weighted by Crippen LogP contribution is -2.23. The van der Waals surface area contributed by atoms with E-state index in [1.165, 1.54) is 5.84 Å². The standard InChI is InChI=1S/C6H12N2.H2O7S2.2H2O/c1-5(2)6-7-3-4-8-6;1-8(2,3)7-9(4,5)6;;/h5H,3-4H2,1-2H3,(H,7,8);(H,1,2,3)(H,4,5,6);2*1H2. The van der Waals surface area contributed by atoms with Gasteiger partial charge >= 0.3 is 20.8 Å². The molecule has 1 heterocycles. The van der Waals surface area contributed by atoms with Crippen molar-refractivity contribution in [3.8, 4) is 0 Å². The van der Waals surface area contributed by atoms with E-state index in [1.54, 1.807) is 0 Å². The highest BCUT2D eigenvalue weighted by Gasteiger charge is 2.15. The Kier molecular flexibility index (Phi) is 11.2. The Morgan fingerprint density at radius 1 is 1.16 bits per heavy atom. The van der Waals surface area contributed by atoms with Crippen LogP contribution in [0.4, 0.5) is 0 Å². The summed E-state index contributed by atoms with van der Waals surface area (Å²) in [6, 6.07) is 0. The summed E-state index contributed by atoms with van der Waals surface area (Å²) in [5, 5.41) is 3.21. The Hall–Kier alpha value is -0.830. The van der Waals surface area contributed by atoms with Gasteiger partial charge in [0, 0.05) is 12.5 Å². The Labute approximate surface area is 111 Å². The van der Waals surface area contributed by atoms with Gasteiger partial charge in [0.25, 0.3) is 0 Å². The van der Waals surface area contributed by atoms with E-state index < -0.39 is 20.8 Å². The molecule has 7 N–H and O–H groups in total. The molecule has 0 aromatic heterocycles. The molecule has 0 unspecified atom stereocenters. The van der Waals surface area contributed by atoms with Gasteiger partial charge in [-0.15, -0.1) is 3.63 Å². The first-order valence-electron chi connectivity index (χ1n) is 4.45. The number of hydrogen-bond acceptors (Lipinski definition) is 7. The van der Waals surface area contributed by atoms with Crippen LogP contribution >= 0.6 is 0 Å². The van der Waals surface area contributed by atoms with Crippen molar-refractivity contribution in [3.05, 3.63) is 0 Å². The zero-order valence-corrected chi connectivity index (χ0v) is 11.8. The number of aliphatic imine (C=N–C) groups is 1. The molecule has 0 aromatic rings. The van der Waals surface area contributed by atoms with E-state index in [4.69, 9.17) is 9.11 Å². The molecule has 19 heavy (non-hydrogen) atoms. The molecule has 0 bridgehead atoms. The molecule has 1 aliphatic rings. The van der Waals surface area contributed by atoms with E-state index >= 15 is 0 Å². The lowest BCUT2D eigenvalue weighted by atomic mass is 10.2. The van der Waals surface area contributed by atoms with Crippen molar-refractivity contribution in [1.82, 2.24) is 5.32 Å². The van der Waals surface area contributed by atoms with Gasteiger partial charge in [0.1, 0.15) is 0 Å². The molecular formula is C6H18N2O9S2. The summed E-state index contributed by atoms with van der Waals surface area (Å²) >= 11 is 0. The van der Waals surface area contributed by atoms with E-state index in [-0.39, 0.29) is 11.0 Å². The van der Waals surface area contributed by atoms with Gasteiger partial charge in [0.15, 0.2) is 0 Å². The zero-order valence-electron chi connectivity index (χ0n) is 10.2. The summed E-state index contributed by atoms with van der Waals surface area (Å²) in [5.74, 6) is 1.75. The van der Waals surface area contributed by atoms with Crippen LogP contribution in [-0.4, -0.2) is 55.8 Å². The summed E-state index contributed by atoms with van der Waals surface area (Å²) in [4.78, 5) is 4.24. The highest BCUT2D eigenvalue weighted by Crippen LogP contribution is 1.97.